The van der Waals surface area contributed by atoms with Crippen LogP contribution in [-0.2, 0) is 17.9 Å². The van der Waals surface area contributed by atoms with Gasteiger partial charge in [0.05, 0.1) is 6.61 Å². The molecule has 2 rings (SSSR count). The van der Waals surface area contributed by atoms with E-state index in [1.807, 2.05) is 43.3 Å². The summed E-state index contributed by atoms with van der Waals surface area (Å²) in [5.74, 6) is 0.387. The number of carbonyl (C=O) groups excluding carboxylic acids is 1. The van der Waals surface area contributed by atoms with E-state index in [4.69, 9.17) is 9.84 Å². The van der Waals surface area contributed by atoms with Crippen molar-refractivity contribution < 1.29 is 14.6 Å². The number of amides is 1. The van der Waals surface area contributed by atoms with Crippen molar-refractivity contribution >= 4 is 11.6 Å². The fraction of sp³-hybridized carbons (Fsp3) is 0.316. The lowest BCUT2D eigenvalue weighted by Crippen LogP contribution is -2.35. The highest BCUT2D eigenvalue weighted by molar-refractivity contribution is 5.80. The number of benzene rings is 2. The molecule has 0 heterocycles. The Bertz CT molecular complexity index is 686. The van der Waals surface area contributed by atoms with Crippen LogP contribution in [0.15, 0.2) is 48.5 Å². The topological polar surface area (TPSA) is 61.8 Å². The number of rotatable bonds is 7. The van der Waals surface area contributed by atoms with Crippen molar-refractivity contribution in [2.45, 2.75) is 26.2 Å². The number of nitrogens with one attached hydrogen (secondary N) is 1. The smallest absolute Gasteiger partial charge is 0.261 e. The van der Waals surface area contributed by atoms with E-state index in [-0.39, 0.29) is 12.5 Å². The number of carbonyl (C=O) groups is 1. The Kier molecular flexibility index (Phi) is 6.21. The van der Waals surface area contributed by atoms with E-state index in [1.54, 1.807) is 31.2 Å². The van der Waals surface area contributed by atoms with Gasteiger partial charge in [-0.25, -0.2) is 0 Å². The summed E-state index contributed by atoms with van der Waals surface area (Å²) < 4.78 is 5.64. The summed E-state index contributed by atoms with van der Waals surface area (Å²) in [4.78, 5) is 14.2. The summed E-state index contributed by atoms with van der Waals surface area (Å²) >= 11 is 0. The molecule has 0 bridgehead atoms. The molecule has 5 heteroatoms. The summed E-state index contributed by atoms with van der Waals surface area (Å²) in [5.41, 5.74) is 2.87. The molecule has 2 aromatic carbocycles. The lowest BCUT2D eigenvalue weighted by Gasteiger charge is -2.16. The van der Waals surface area contributed by atoms with Gasteiger partial charge in [-0.15, -0.1) is 0 Å². The first-order chi connectivity index (χ1) is 11.5. The number of nitrogens with zero attached hydrogens (tertiary/aromatic N) is 1. The van der Waals surface area contributed by atoms with E-state index in [2.05, 4.69) is 5.32 Å². The van der Waals surface area contributed by atoms with Gasteiger partial charge in [-0.2, -0.15) is 0 Å². The summed E-state index contributed by atoms with van der Waals surface area (Å²) in [5, 5.41) is 12.0. The molecule has 1 atom stereocenters. The highest BCUT2D eigenvalue weighted by atomic mass is 16.5. The van der Waals surface area contributed by atoms with Gasteiger partial charge in [0.2, 0.25) is 0 Å². The maximum absolute atomic E-state index is 12.2. The van der Waals surface area contributed by atoms with Gasteiger partial charge in [0.1, 0.15) is 5.75 Å². The van der Waals surface area contributed by atoms with Crippen LogP contribution in [0.2, 0.25) is 0 Å². The molecule has 5 nitrogen and oxygen atoms in total. The maximum atomic E-state index is 12.2. The molecule has 0 saturated carbocycles. The Balaban J connectivity index is 1.90. The predicted octanol–water partition coefficient (Wildman–Crippen LogP) is 2.33. The highest BCUT2D eigenvalue weighted by Crippen LogP contribution is 2.16. The number of aliphatic hydroxyl groups is 1. The first kappa shape index (κ1) is 17.8. The summed E-state index contributed by atoms with van der Waals surface area (Å²) in [6, 6.07) is 15.1. The molecule has 0 spiro atoms. The predicted molar refractivity (Wildman–Crippen MR) is 95.1 cm³/mol. The van der Waals surface area contributed by atoms with Crippen molar-refractivity contribution in [3.63, 3.8) is 0 Å². The minimum atomic E-state index is -0.615. The number of aliphatic hydroxyl groups excluding tert-OH is 1. The molecule has 0 aromatic heterocycles. The van der Waals surface area contributed by atoms with Crippen LogP contribution < -0.4 is 15.0 Å². The Labute approximate surface area is 142 Å². The van der Waals surface area contributed by atoms with E-state index in [1.165, 1.54) is 0 Å². The Morgan fingerprint density at radius 1 is 1.17 bits per heavy atom. The minimum absolute atomic E-state index is 0.0556. The van der Waals surface area contributed by atoms with E-state index in [9.17, 15) is 4.79 Å². The molecule has 0 aliphatic carbocycles. The van der Waals surface area contributed by atoms with Crippen LogP contribution in [0.1, 0.15) is 18.1 Å². The molecule has 0 aliphatic rings. The Morgan fingerprint density at radius 3 is 2.58 bits per heavy atom. The molecule has 1 unspecified atom stereocenters. The molecule has 0 saturated heterocycles. The van der Waals surface area contributed by atoms with Gasteiger partial charge >= 0.3 is 0 Å². The molecule has 1 amide bonds. The number of hydrogen-bond acceptors (Lipinski definition) is 4. The van der Waals surface area contributed by atoms with Crippen molar-refractivity contribution in [3.8, 4) is 5.75 Å². The quantitative estimate of drug-likeness (QED) is 0.819. The van der Waals surface area contributed by atoms with E-state index in [0.29, 0.717) is 12.3 Å². The summed E-state index contributed by atoms with van der Waals surface area (Å²) in [7, 11) is 3.96. The minimum Gasteiger partial charge on any atom is -0.481 e. The van der Waals surface area contributed by atoms with Gasteiger partial charge in [0.15, 0.2) is 6.10 Å². The molecule has 0 aliphatic heterocycles. The molecular weight excluding hydrogens is 304 g/mol. The van der Waals surface area contributed by atoms with Gasteiger partial charge in [-0.3, -0.25) is 4.79 Å². The summed E-state index contributed by atoms with van der Waals surface area (Å²) in [6.45, 7) is 2.10. The van der Waals surface area contributed by atoms with Crippen molar-refractivity contribution in [1.82, 2.24) is 5.32 Å². The normalized spacial score (nSPS) is 11.7. The number of ether oxygens (including phenoxy) is 1. The number of hydrogen-bond donors (Lipinski definition) is 2. The van der Waals surface area contributed by atoms with Gasteiger partial charge in [-0.1, -0.05) is 24.3 Å². The third-order valence-corrected chi connectivity index (χ3v) is 3.66. The fourth-order valence-electron chi connectivity index (χ4n) is 2.25. The van der Waals surface area contributed by atoms with Gasteiger partial charge in [0.25, 0.3) is 5.91 Å². The van der Waals surface area contributed by atoms with Crippen molar-refractivity contribution in [2.75, 3.05) is 19.0 Å². The molecule has 24 heavy (non-hydrogen) atoms. The zero-order valence-electron chi connectivity index (χ0n) is 14.3. The van der Waals surface area contributed by atoms with Crippen LogP contribution in [0, 0.1) is 0 Å². The van der Waals surface area contributed by atoms with Gasteiger partial charge in [-0.05, 0) is 42.3 Å². The van der Waals surface area contributed by atoms with Crippen LogP contribution in [0.25, 0.3) is 0 Å². The molecule has 0 fully saturated rings. The van der Waals surface area contributed by atoms with Crippen LogP contribution in [0.3, 0.4) is 0 Å². The average molecular weight is 328 g/mol. The van der Waals surface area contributed by atoms with Gasteiger partial charge in [0, 0.05) is 26.3 Å². The monoisotopic (exact) mass is 328 g/mol. The second-order valence-corrected chi connectivity index (χ2v) is 5.85. The van der Waals surface area contributed by atoms with Crippen LogP contribution in [0.4, 0.5) is 5.69 Å². The highest BCUT2D eigenvalue weighted by Gasteiger charge is 2.14. The second-order valence-electron chi connectivity index (χ2n) is 5.85. The standard InChI is InChI=1S/C19H24N2O3/c1-14(24-18-9-5-7-16(11-18)13-22)19(23)20-12-15-6-4-8-17(10-15)21(2)3/h4-11,14,22H,12-13H2,1-3H3,(H,20,23). The first-order valence-corrected chi connectivity index (χ1v) is 7.90. The van der Waals surface area contributed by atoms with Gasteiger partial charge < -0.3 is 20.1 Å². The van der Waals surface area contributed by atoms with Crippen molar-refractivity contribution in [3.05, 3.63) is 59.7 Å². The third-order valence-electron chi connectivity index (χ3n) is 3.66. The third kappa shape index (κ3) is 4.99. The lowest BCUT2D eigenvalue weighted by molar-refractivity contribution is -0.127. The molecular formula is C19H24N2O3. The second kappa shape index (κ2) is 8.36. The average Bonchev–Trinajstić information content (AvgIpc) is 2.60. The SMILES string of the molecule is CC(Oc1cccc(CO)c1)C(=O)NCc1cccc(N(C)C)c1. The van der Waals surface area contributed by atoms with Crippen LogP contribution >= 0.6 is 0 Å². The largest absolute Gasteiger partial charge is 0.481 e. The maximum Gasteiger partial charge on any atom is 0.261 e. The Morgan fingerprint density at radius 2 is 1.88 bits per heavy atom. The van der Waals surface area contributed by atoms with Crippen molar-refractivity contribution in [2.24, 2.45) is 0 Å². The molecule has 2 N–H and O–H groups in total. The molecule has 128 valence electrons. The fourth-order valence-corrected chi connectivity index (χ4v) is 2.25. The van der Waals surface area contributed by atoms with E-state index in [0.717, 1.165) is 16.8 Å². The molecule has 0 radical (unpaired) electrons. The van der Waals surface area contributed by atoms with Crippen LogP contribution in [-0.4, -0.2) is 31.2 Å². The van der Waals surface area contributed by atoms with Crippen molar-refractivity contribution in [1.29, 1.82) is 0 Å². The zero-order valence-corrected chi connectivity index (χ0v) is 14.3. The first-order valence-electron chi connectivity index (χ1n) is 7.90. The zero-order chi connectivity index (χ0) is 17.5. The Hall–Kier alpha value is -2.53. The number of anilines is 1. The molecule has 2 aromatic rings. The van der Waals surface area contributed by atoms with E-state index >= 15 is 0 Å². The lowest BCUT2D eigenvalue weighted by atomic mass is 10.2. The van der Waals surface area contributed by atoms with Crippen LogP contribution in [0.5, 0.6) is 5.75 Å². The summed E-state index contributed by atoms with van der Waals surface area (Å²) in [6.07, 6.45) is -0.615. The van der Waals surface area contributed by atoms with E-state index < -0.39 is 6.10 Å².